The summed E-state index contributed by atoms with van der Waals surface area (Å²) in [6.45, 7) is 7.29. The van der Waals surface area contributed by atoms with Gasteiger partial charge in [0.15, 0.2) is 5.96 Å². The maximum atomic E-state index is 12.3. The molecule has 2 aliphatic rings. The molecule has 8 nitrogen and oxygen atoms in total. The summed E-state index contributed by atoms with van der Waals surface area (Å²) in [5.41, 5.74) is 0.584. The summed E-state index contributed by atoms with van der Waals surface area (Å²) in [7, 11) is 1.59. The minimum absolute atomic E-state index is 0. The van der Waals surface area contributed by atoms with E-state index in [2.05, 4.69) is 22.5 Å². The van der Waals surface area contributed by atoms with Crippen molar-refractivity contribution in [1.82, 2.24) is 15.5 Å². The number of carbonyl (C=O) groups excluding carboxylic acids is 1. The fraction of sp³-hybridized carbons (Fsp3) is 0.667. The molecule has 0 aliphatic carbocycles. The largest absolute Gasteiger partial charge is 0.497 e. The maximum Gasteiger partial charge on any atom is 0.251 e. The number of benzene rings is 1. The lowest BCUT2D eigenvalue weighted by Crippen LogP contribution is -2.47. The molecule has 1 unspecified atom stereocenters. The molecule has 2 heterocycles. The van der Waals surface area contributed by atoms with Gasteiger partial charge in [0.05, 0.1) is 32.5 Å². The fourth-order valence-corrected chi connectivity index (χ4v) is 4.04. The highest BCUT2D eigenvalue weighted by Crippen LogP contribution is 2.18. The normalized spacial score (nSPS) is 19.5. The topological polar surface area (TPSA) is 84.4 Å². The third kappa shape index (κ3) is 9.29. The van der Waals surface area contributed by atoms with Crippen molar-refractivity contribution in [3.63, 3.8) is 0 Å². The highest BCUT2D eigenvalue weighted by atomic mass is 127. The van der Waals surface area contributed by atoms with Crippen LogP contribution in [0.25, 0.3) is 0 Å². The number of carbonyl (C=O) groups is 1. The Morgan fingerprint density at radius 1 is 1.21 bits per heavy atom. The molecule has 186 valence electrons. The average Bonchev–Trinajstić information content (AvgIpc) is 2.85. The molecule has 2 saturated heterocycles. The van der Waals surface area contributed by atoms with Crippen LogP contribution < -0.4 is 15.4 Å². The molecule has 0 radical (unpaired) electrons. The van der Waals surface area contributed by atoms with Crippen LogP contribution in [0.1, 0.15) is 49.4 Å². The first-order chi connectivity index (χ1) is 15.7. The predicted octanol–water partition coefficient (Wildman–Crippen LogP) is 3.06. The number of nitrogens with zero attached hydrogens (tertiary/aromatic N) is 2. The number of methoxy groups -OCH3 is 1. The zero-order valence-electron chi connectivity index (χ0n) is 19.9. The Labute approximate surface area is 214 Å². The number of rotatable bonds is 9. The molecular weight excluding hydrogens is 535 g/mol. The van der Waals surface area contributed by atoms with Crippen LogP contribution in [0.5, 0.6) is 5.75 Å². The van der Waals surface area contributed by atoms with Crippen LogP contribution in [0.4, 0.5) is 0 Å². The van der Waals surface area contributed by atoms with E-state index in [1.165, 1.54) is 12.8 Å². The van der Waals surface area contributed by atoms with Crippen LogP contribution in [-0.4, -0.2) is 82.0 Å². The number of ether oxygens (including phenoxy) is 3. The molecule has 3 rings (SSSR count). The van der Waals surface area contributed by atoms with Crippen molar-refractivity contribution in [2.24, 2.45) is 4.99 Å². The van der Waals surface area contributed by atoms with E-state index in [1.807, 2.05) is 12.1 Å². The van der Waals surface area contributed by atoms with Gasteiger partial charge in [0.25, 0.3) is 5.91 Å². The Bertz CT molecular complexity index is 735. The molecule has 0 aromatic heterocycles. The van der Waals surface area contributed by atoms with Crippen molar-refractivity contribution in [2.75, 3.05) is 53.0 Å². The van der Waals surface area contributed by atoms with Crippen molar-refractivity contribution < 1.29 is 19.0 Å². The lowest BCUT2D eigenvalue weighted by Gasteiger charge is -2.35. The predicted molar refractivity (Wildman–Crippen MR) is 141 cm³/mol. The summed E-state index contributed by atoms with van der Waals surface area (Å²) in [5, 5.41) is 6.30. The second-order valence-corrected chi connectivity index (χ2v) is 8.23. The molecule has 0 saturated carbocycles. The van der Waals surface area contributed by atoms with Gasteiger partial charge in [-0.2, -0.15) is 0 Å². The Morgan fingerprint density at radius 2 is 2.03 bits per heavy atom. The van der Waals surface area contributed by atoms with E-state index < -0.39 is 0 Å². The van der Waals surface area contributed by atoms with Gasteiger partial charge in [-0.25, -0.2) is 0 Å². The fourth-order valence-electron chi connectivity index (χ4n) is 4.04. The Balaban J connectivity index is 0.00000385. The molecule has 2 fully saturated rings. The number of guanidine groups is 1. The number of likely N-dealkylation sites (tertiary alicyclic amines) is 1. The lowest BCUT2D eigenvalue weighted by molar-refractivity contribution is -0.0721. The maximum absolute atomic E-state index is 12.3. The minimum Gasteiger partial charge on any atom is -0.497 e. The third-order valence-electron chi connectivity index (χ3n) is 5.86. The summed E-state index contributed by atoms with van der Waals surface area (Å²) in [4.78, 5) is 19.3. The van der Waals surface area contributed by atoms with E-state index in [-0.39, 0.29) is 36.0 Å². The van der Waals surface area contributed by atoms with Gasteiger partial charge in [-0.3, -0.25) is 9.79 Å². The van der Waals surface area contributed by atoms with E-state index >= 15 is 0 Å². The van der Waals surface area contributed by atoms with E-state index in [1.54, 1.807) is 19.2 Å². The van der Waals surface area contributed by atoms with Crippen LogP contribution in [-0.2, 0) is 9.47 Å². The van der Waals surface area contributed by atoms with Crippen molar-refractivity contribution in [2.45, 2.75) is 51.2 Å². The van der Waals surface area contributed by atoms with Crippen LogP contribution >= 0.6 is 24.0 Å². The summed E-state index contributed by atoms with van der Waals surface area (Å²) in [5.74, 6) is 1.45. The van der Waals surface area contributed by atoms with Gasteiger partial charge >= 0.3 is 0 Å². The molecular formula is C24H39IN4O4. The summed E-state index contributed by atoms with van der Waals surface area (Å²) in [6.07, 6.45) is 6.08. The smallest absolute Gasteiger partial charge is 0.251 e. The minimum atomic E-state index is -0.121. The molecule has 33 heavy (non-hydrogen) atoms. The second kappa shape index (κ2) is 15.3. The standard InChI is InChI=1S/C24H38N4O4.HI/c1-3-25-24(27-13-12-26-23(29)19-7-6-9-21(17-19)30-2)28-14-10-20(11-15-28)32-18-22-8-4-5-16-31-22;/h6-7,9,17,20,22H,3-5,8,10-16,18H2,1-2H3,(H,25,27)(H,26,29);1H. The second-order valence-electron chi connectivity index (χ2n) is 8.23. The molecule has 0 spiro atoms. The van der Waals surface area contributed by atoms with Gasteiger partial charge in [-0.1, -0.05) is 6.07 Å². The van der Waals surface area contributed by atoms with Crippen molar-refractivity contribution >= 4 is 35.8 Å². The van der Waals surface area contributed by atoms with E-state index in [0.29, 0.717) is 37.1 Å². The van der Waals surface area contributed by atoms with E-state index in [0.717, 1.165) is 51.5 Å². The Morgan fingerprint density at radius 3 is 2.73 bits per heavy atom. The van der Waals surface area contributed by atoms with Crippen molar-refractivity contribution in [1.29, 1.82) is 0 Å². The zero-order chi connectivity index (χ0) is 22.6. The SMILES string of the molecule is CCNC(=NCCNC(=O)c1cccc(OC)c1)N1CCC(OCC2CCCCO2)CC1.I. The number of nitrogens with one attached hydrogen (secondary N) is 2. The van der Waals surface area contributed by atoms with Gasteiger partial charge in [-0.05, 0) is 57.2 Å². The number of hydrogen-bond acceptors (Lipinski definition) is 5. The first-order valence-electron chi connectivity index (χ1n) is 11.9. The Hall–Kier alpha value is -1.59. The number of amides is 1. The average molecular weight is 575 g/mol. The molecule has 1 aromatic carbocycles. The molecule has 1 atom stereocenters. The van der Waals surface area contributed by atoms with Gasteiger partial charge in [0.2, 0.25) is 0 Å². The van der Waals surface area contributed by atoms with E-state index in [4.69, 9.17) is 19.2 Å². The van der Waals surface area contributed by atoms with Crippen LogP contribution in [0, 0.1) is 0 Å². The lowest BCUT2D eigenvalue weighted by atomic mass is 10.1. The molecule has 1 aromatic rings. The summed E-state index contributed by atoms with van der Waals surface area (Å²) < 4.78 is 17.1. The molecule has 1 amide bonds. The third-order valence-corrected chi connectivity index (χ3v) is 5.86. The summed E-state index contributed by atoms with van der Waals surface area (Å²) >= 11 is 0. The molecule has 0 bridgehead atoms. The number of halogens is 1. The highest BCUT2D eigenvalue weighted by Gasteiger charge is 2.23. The van der Waals surface area contributed by atoms with Crippen LogP contribution in [0.15, 0.2) is 29.3 Å². The zero-order valence-corrected chi connectivity index (χ0v) is 22.2. The quantitative estimate of drug-likeness (QED) is 0.204. The van der Waals surface area contributed by atoms with Gasteiger partial charge in [-0.15, -0.1) is 24.0 Å². The van der Waals surface area contributed by atoms with Crippen LogP contribution in [0.3, 0.4) is 0 Å². The highest BCUT2D eigenvalue weighted by molar-refractivity contribution is 14.0. The van der Waals surface area contributed by atoms with Gasteiger partial charge < -0.3 is 29.7 Å². The first kappa shape index (κ1) is 27.7. The molecule has 2 aliphatic heterocycles. The van der Waals surface area contributed by atoms with Gasteiger partial charge in [0, 0.05) is 38.3 Å². The number of aliphatic imine (C=N–C) groups is 1. The van der Waals surface area contributed by atoms with Gasteiger partial charge in [0.1, 0.15) is 5.75 Å². The first-order valence-corrected chi connectivity index (χ1v) is 11.9. The molecule has 9 heteroatoms. The number of piperidine rings is 1. The van der Waals surface area contributed by atoms with E-state index in [9.17, 15) is 4.79 Å². The summed E-state index contributed by atoms with van der Waals surface area (Å²) in [6, 6.07) is 7.14. The van der Waals surface area contributed by atoms with Crippen LogP contribution in [0.2, 0.25) is 0 Å². The van der Waals surface area contributed by atoms with Crippen molar-refractivity contribution in [3.8, 4) is 5.75 Å². The Kier molecular flexibility index (Phi) is 12.9. The van der Waals surface area contributed by atoms with Crippen molar-refractivity contribution in [3.05, 3.63) is 29.8 Å². The number of hydrogen-bond donors (Lipinski definition) is 2. The monoisotopic (exact) mass is 574 g/mol. The molecule has 2 N–H and O–H groups in total.